The second-order valence-corrected chi connectivity index (χ2v) is 19.8. The Morgan fingerprint density at radius 1 is 0.917 bits per heavy atom. The Labute approximate surface area is 281 Å². The Morgan fingerprint density at radius 3 is 1.94 bits per heavy atom. The van der Waals surface area contributed by atoms with Gasteiger partial charge in [0.1, 0.15) is 17.0 Å². The second-order valence-electron chi connectivity index (χ2n) is 15.0. The summed E-state index contributed by atoms with van der Waals surface area (Å²) in [6.45, 7) is 20.6. The number of benzene rings is 2. The molecule has 0 atom stereocenters. The molecule has 3 aromatic rings. The topological polar surface area (TPSA) is 92.1 Å². The van der Waals surface area contributed by atoms with Crippen molar-refractivity contribution in [2.24, 2.45) is 7.05 Å². The van der Waals surface area contributed by atoms with Crippen LogP contribution in [0.2, 0.25) is 18.1 Å². The lowest BCUT2D eigenvalue weighted by atomic mass is 9.96. The third kappa shape index (κ3) is 10.2. The summed E-state index contributed by atoms with van der Waals surface area (Å²) in [6.07, 6.45) is -5.09. The van der Waals surface area contributed by atoms with Crippen molar-refractivity contribution in [3.8, 4) is 28.7 Å². The molecule has 9 nitrogen and oxygen atoms in total. The van der Waals surface area contributed by atoms with E-state index in [0.717, 1.165) is 4.90 Å². The number of nitrogens with zero attached hydrogens (tertiary/aromatic N) is 3. The lowest BCUT2D eigenvalue weighted by molar-refractivity contribution is -0.274. The number of rotatable bonds is 6. The predicted octanol–water partition coefficient (Wildman–Crippen LogP) is 9.18. The minimum Gasteiger partial charge on any atom is -0.443 e. The van der Waals surface area contributed by atoms with Crippen LogP contribution in [0.3, 0.4) is 0 Å². The van der Waals surface area contributed by atoms with Crippen LogP contribution >= 0.6 is 0 Å². The van der Waals surface area contributed by atoms with Gasteiger partial charge in [0, 0.05) is 12.6 Å². The van der Waals surface area contributed by atoms with Gasteiger partial charge in [0.25, 0.3) is 0 Å². The van der Waals surface area contributed by atoms with Crippen molar-refractivity contribution in [2.45, 2.75) is 105 Å². The van der Waals surface area contributed by atoms with Crippen LogP contribution in [-0.2, 0) is 27.5 Å². The fraction of sp³-hybridized carbons (Fsp3) is 0.514. The first-order valence-corrected chi connectivity index (χ1v) is 18.4. The van der Waals surface area contributed by atoms with Gasteiger partial charge >= 0.3 is 18.5 Å². The number of fused-ring (bicyclic) bond motifs is 1. The molecule has 48 heavy (non-hydrogen) atoms. The van der Waals surface area contributed by atoms with Gasteiger partial charge < -0.3 is 23.2 Å². The zero-order chi connectivity index (χ0) is 36.5. The van der Waals surface area contributed by atoms with E-state index < -0.39 is 38.1 Å². The van der Waals surface area contributed by atoms with Crippen LogP contribution in [0.25, 0.3) is 22.2 Å². The van der Waals surface area contributed by atoms with Crippen LogP contribution in [-0.4, -0.2) is 59.1 Å². The summed E-state index contributed by atoms with van der Waals surface area (Å²) in [5.41, 5.74) is 1.27. The molecule has 0 spiro atoms. The molecule has 0 aliphatic rings. The Kier molecular flexibility index (Phi) is 11.1. The number of halogens is 3. The Balaban J connectivity index is 2.25. The third-order valence-electron chi connectivity index (χ3n) is 7.55. The van der Waals surface area contributed by atoms with E-state index >= 15 is 0 Å². The van der Waals surface area contributed by atoms with Crippen molar-refractivity contribution in [2.75, 3.05) is 6.61 Å². The van der Waals surface area contributed by atoms with Crippen LogP contribution in [0.4, 0.5) is 22.8 Å². The molecule has 2 amide bonds. The molecule has 262 valence electrons. The largest absolute Gasteiger partial charge is 0.573 e. The van der Waals surface area contributed by atoms with E-state index in [1.165, 1.54) is 24.3 Å². The molecule has 0 unspecified atom stereocenters. The minimum atomic E-state index is -4.84. The first-order valence-electron chi connectivity index (χ1n) is 15.5. The number of hydrogen-bond donors (Lipinski definition) is 0. The number of imidazole rings is 1. The summed E-state index contributed by atoms with van der Waals surface area (Å²) < 4.78 is 61.8. The Morgan fingerprint density at radius 2 is 1.46 bits per heavy atom. The summed E-state index contributed by atoms with van der Waals surface area (Å²) >= 11 is 0. The molecular weight excluding hydrogens is 643 g/mol. The molecule has 0 aliphatic carbocycles. The van der Waals surface area contributed by atoms with Gasteiger partial charge in [-0.3, -0.25) is 0 Å². The average Bonchev–Trinajstić information content (AvgIpc) is 3.28. The smallest absolute Gasteiger partial charge is 0.443 e. The number of aryl methyl sites for hydroxylation is 1. The number of hydrogen-bond acceptors (Lipinski definition) is 7. The van der Waals surface area contributed by atoms with E-state index in [2.05, 4.69) is 55.4 Å². The SMILES string of the molecule is Cn1cnc2c(-c3ccc(OC(F)(F)F)cc3)cc(CN(C(=O)OC(C)(C)C)C(=O)OC(C)(C)C)c(C#CCO[Si](C)(C)C(C)(C)C)c21. The predicted molar refractivity (Wildman–Crippen MR) is 181 cm³/mol. The highest BCUT2D eigenvalue weighted by Gasteiger charge is 2.37. The molecule has 13 heteroatoms. The highest BCUT2D eigenvalue weighted by Crippen LogP contribution is 2.37. The van der Waals surface area contributed by atoms with Crippen molar-refractivity contribution in [1.82, 2.24) is 14.5 Å². The molecule has 1 heterocycles. The van der Waals surface area contributed by atoms with E-state index in [4.69, 9.17) is 13.9 Å². The van der Waals surface area contributed by atoms with Crippen LogP contribution in [0.1, 0.15) is 73.4 Å². The van der Waals surface area contributed by atoms with E-state index in [1.807, 2.05) is 0 Å². The zero-order valence-electron chi connectivity index (χ0n) is 29.8. The summed E-state index contributed by atoms with van der Waals surface area (Å²) in [7, 11) is -0.336. The normalized spacial score (nSPS) is 12.7. The van der Waals surface area contributed by atoms with Crippen molar-refractivity contribution in [3.05, 3.63) is 47.8 Å². The number of alkyl halides is 3. The number of carbonyl (C=O) groups excluding carboxylic acids is 2. The van der Waals surface area contributed by atoms with Crippen molar-refractivity contribution in [3.63, 3.8) is 0 Å². The maximum atomic E-state index is 13.5. The Hall–Kier alpha value is -4.02. The molecule has 0 saturated heterocycles. The van der Waals surface area contributed by atoms with Gasteiger partial charge in [-0.05, 0) is 89.0 Å². The number of imide groups is 1. The van der Waals surface area contributed by atoms with Crippen LogP contribution in [0.15, 0.2) is 36.7 Å². The first kappa shape index (κ1) is 38.4. The van der Waals surface area contributed by atoms with Gasteiger partial charge in [0.05, 0.1) is 36.1 Å². The van der Waals surface area contributed by atoms with Crippen molar-refractivity contribution in [1.29, 1.82) is 0 Å². The summed E-state index contributed by atoms with van der Waals surface area (Å²) in [6, 6.07) is 7.08. The highest BCUT2D eigenvalue weighted by atomic mass is 28.4. The molecule has 0 bridgehead atoms. The Bertz CT molecular complexity index is 1670. The average molecular weight is 690 g/mol. The third-order valence-corrected chi connectivity index (χ3v) is 12.0. The molecule has 0 saturated carbocycles. The number of carbonyl (C=O) groups is 2. The van der Waals surface area contributed by atoms with Gasteiger partial charge in [-0.25, -0.2) is 19.5 Å². The number of amides is 2. The fourth-order valence-corrected chi connectivity index (χ4v) is 5.14. The monoisotopic (exact) mass is 689 g/mol. The standard InChI is InChI=1S/C35H46F3N3O6Si/c1-32(2,3)46-30(42)41(31(43)47-33(4,5)6)21-24-20-27(23-15-17-25(18-16-23)45-35(36,37)38)28-29(40(10)22-39-28)26(24)14-13-19-44-48(11,12)34(7,8)9/h15-18,20,22H,19,21H2,1-12H3. The molecule has 2 aromatic carbocycles. The molecule has 0 N–H and O–H groups in total. The second kappa shape index (κ2) is 13.8. The molecule has 0 aliphatic heterocycles. The highest BCUT2D eigenvalue weighted by molar-refractivity contribution is 6.74. The maximum Gasteiger partial charge on any atom is 0.573 e. The summed E-state index contributed by atoms with van der Waals surface area (Å²) in [5.74, 6) is 5.95. The van der Waals surface area contributed by atoms with Crippen LogP contribution < -0.4 is 4.74 Å². The van der Waals surface area contributed by atoms with E-state index in [1.54, 1.807) is 65.6 Å². The quantitative estimate of drug-likeness (QED) is 0.188. The fourth-order valence-electron chi connectivity index (χ4n) is 4.27. The van der Waals surface area contributed by atoms with Gasteiger partial charge in [-0.1, -0.05) is 44.7 Å². The maximum absolute atomic E-state index is 13.5. The molecule has 3 rings (SSSR count). The first-order chi connectivity index (χ1) is 21.8. The van der Waals surface area contributed by atoms with Gasteiger partial charge in [-0.15, -0.1) is 13.2 Å². The van der Waals surface area contributed by atoms with Crippen LogP contribution in [0.5, 0.6) is 5.75 Å². The molecule has 1 aromatic heterocycles. The van der Waals surface area contributed by atoms with E-state index in [-0.39, 0.29) is 23.9 Å². The summed E-state index contributed by atoms with van der Waals surface area (Å²) in [4.78, 5) is 32.4. The minimum absolute atomic E-state index is 0.0290. The van der Waals surface area contributed by atoms with E-state index in [0.29, 0.717) is 33.3 Å². The van der Waals surface area contributed by atoms with Gasteiger partial charge in [0.15, 0.2) is 8.32 Å². The molecule has 0 fully saturated rings. The molecular formula is C35H46F3N3O6Si. The number of aromatic nitrogens is 2. The van der Waals surface area contributed by atoms with Gasteiger partial charge in [0.2, 0.25) is 0 Å². The van der Waals surface area contributed by atoms with E-state index in [9.17, 15) is 22.8 Å². The molecule has 0 radical (unpaired) electrons. The van der Waals surface area contributed by atoms with Crippen molar-refractivity contribution < 1.29 is 41.4 Å². The summed E-state index contributed by atoms with van der Waals surface area (Å²) in [5, 5.41) is -0.0290. The lowest BCUT2D eigenvalue weighted by Crippen LogP contribution is -2.43. The number of ether oxygens (including phenoxy) is 3. The zero-order valence-corrected chi connectivity index (χ0v) is 30.8. The van der Waals surface area contributed by atoms with Gasteiger partial charge in [-0.2, -0.15) is 0 Å². The van der Waals surface area contributed by atoms with Crippen molar-refractivity contribution >= 4 is 31.5 Å². The lowest BCUT2D eigenvalue weighted by Gasteiger charge is -2.35. The van der Waals surface area contributed by atoms with Crippen LogP contribution in [0, 0.1) is 11.8 Å².